The molecule has 0 radical (unpaired) electrons. The Balaban J connectivity index is 2.15. The average Bonchev–Trinajstić information content (AvgIpc) is 2.92. The third-order valence-electron chi connectivity index (χ3n) is 2.70. The molecular formula is C10H14N6O2. The van der Waals surface area contributed by atoms with Crippen LogP contribution in [-0.4, -0.2) is 35.6 Å². The molecule has 2 aromatic heterocycles. The van der Waals surface area contributed by atoms with Gasteiger partial charge in [-0.3, -0.25) is 0 Å². The molecule has 0 saturated heterocycles. The molecule has 0 spiro atoms. The number of carbonyl (C=O) groups is 1. The molecular weight excluding hydrogens is 236 g/mol. The van der Waals surface area contributed by atoms with Crippen molar-refractivity contribution < 1.29 is 9.90 Å². The third-order valence-corrected chi connectivity index (χ3v) is 2.70. The van der Waals surface area contributed by atoms with Crippen molar-refractivity contribution in [2.45, 2.75) is 19.5 Å². The van der Waals surface area contributed by atoms with Gasteiger partial charge in [0.05, 0.1) is 12.2 Å². The van der Waals surface area contributed by atoms with Crippen LogP contribution in [0.2, 0.25) is 0 Å². The minimum Gasteiger partial charge on any atom is -0.476 e. The summed E-state index contributed by atoms with van der Waals surface area (Å²) in [4.78, 5) is 15.1. The van der Waals surface area contributed by atoms with Crippen molar-refractivity contribution in [3.63, 3.8) is 0 Å². The van der Waals surface area contributed by atoms with E-state index in [0.29, 0.717) is 18.7 Å². The molecule has 96 valence electrons. The molecule has 8 nitrogen and oxygen atoms in total. The summed E-state index contributed by atoms with van der Waals surface area (Å²) in [6.07, 6.45) is 4.20. The van der Waals surface area contributed by atoms with Crippen LogP contribution >= 0.6 is 0 Å². The van der Waals surface area contributed by atoms with Gasteiger partial charge in [0, 0.05) is 32.4 Å². The number of carboxylic acids is 1. The molecule has 2 rings (SSSR count). The fourth-order valence-corrected chi connectivity index (χ4v) is 1.72. The van der Waals surface area contributed by atoms with Crippen LogP contribution in [-0.2, 0) is 26.6 Å². The maximum absolute atomic E-state index is 10.9. The lowest BCUT2D eigenvalue weighted by Crippen LogP contribution is -2.14. The summed E-state index contributed by atoms with van der Waals surface area (Å²) in [5.41, 5.74) is 5.87. The summed E-state index contributed by atoms with van der Waals surface area (Å²) in [5.74, 6) is -0.218. The smallest absolute Gasteiger partial charge is 0.358 e. The summed E-state index contributed by atoms with van der Waals surface area (Å²) in [6, 6.07) is 0. The molecule has 8 heteroatoms. The van der Waals surface area contributed by atoms with Gasteiger partial charge in [-0.15, -0.1) is 5.10 Å². The van der Waals surface area contributed by atoms with E-state index in [4.69, 9.17) is 10.8 Å². The van der Waals surface area contributed by atoms with Gasteiger partial charge in [0.2, 0.25) is 0 Å². The van der Waals surface area contributed by atoms with E-state index in [9.17, 15) is 4.79 Å². The van der Waals surface area contributed by atoms with Crippen LogP contribution in [0, 0.1) is 0 Å². The summed E-state index contributed by atoms with van der Waals surface area (Å²) < 4.78 is 3.41. The van der Waals surface area contributed by atoms with Crippen molar-refractivity contribution >= 4 is 5.97 Å². The average molecular weight is 250 g/mol. The third kappa shape index (κ3) is 2.23. The van der Waals surface area contributed by atoms with E-state index in [0.717, 1.165) is 5.82 Å². The Hall–Kier alpha value is -2.22. The zero-order chi connectivity index (χ0) is 13.1. The Kier molecular flexibility index (Phi) is 3.38. The summed E-state index contributed by atoms with van der Waals surface area (Å²) in [5, 5.41) is 16.3. The number of aromatic nitrogens is 5. The molecule has 0 unspecified atom stereocenters. The van der Waals surface area contributed by atoms with Gasteiger partial charge >= 0.3 is 5.97 Å². The SMILES string of the molecule is Cn1ccnc1CCn1nnc(C(=O)O)c1CN. The van der Waals surface area contributed by atoms with E-state index in [2.05, 4.69) is 15.3 Å². The molecule has 0 aliphatic heterocycles. The Labute approximate surface area is 103 Å². The highest BCUT2D eigenvalue weighted by atomic mass is 16.4. The molecule has 0 aliphatic rings. The second-order valence-corrected chi connectivity index (χ2v) is 3.82. The lowest BCUT2D eigenvalue weighted by Gasteiger charge is -2.05. The van der Waals surface area contributed by atoms with E-state index >= 15 is 0 Å². The van der Waals surface area contributed by atoms with Crippen molar-refractivity contribution in [2.24, 2.45) is 12.8 Å². The Morgan fingerprint density at radius 1 is 1.56 bits per heavy atom. The normalized spacial score (nSPS) is 10.8. The van der Waals surface area contributed by atoms with Gasteiger partial charge in [-0.1, -0.05) is 5.21 Å². The van der Waals surface area contributed by atoms with E-state index in [1.165, 1.54) is 4.68 Å². The summed E-state index contributed by atoms with van der Waals surface area (Å²) in [6.45, 7) is 0.590. The molecule has 2 heterocycles. The largest absolute Gasteiger partial charge is 0.476 e. The van der Waals surface area contributed by atoms with Crippen molar-refractivity contribution in [3.05, 3.63) is 29.6 Å². The minimum atomic E-state index is -1.11. The van der Waals surface area contributed by atoms with E-state index in [1.54, 1.807) is 6.20 Å². The van der Waals surface area contributed by atoms with Crippen LogP contribution in [0.25, 0.3) is 0 Å². The fraction of sp³-hybridized carbons (Fsp3) is 0.400. The highest BCUT2D eigenvalue weighted by Gasteiger charge is 2.17. The van der Waals surface area contributed by atoms with Crippen molar-refractivity contribution in [1.29, 1.82) is 0 Å². The predicted molar refractivity (Wildman–Crippen MR) is 61.8 cm³/mol. The quantitative estimate of drug-likeness (QED) is 0.733. The number of aromatic carboxylic acids is 1. The van der Waals surface area contributed by atoms with Crippen LogP contribution in [0.4, 0.5) is 0 Å². The first-order valence-electron chi connectivity index (χ1n) is 5.45. The van der Waals surface area contributed by atoms with Gasteiger partial charge in [0.25, 0.3) is 0 Å². The standard InChI is InChI=1S/C10H14N6O2/c1-15-5-3-12-8(15)2-4-16-7(6-11)9(10(17)18)13-14-16/h3,5H,2,4,6,11H2,1H3,(H,17,18). The van der Waals surface area contributed by atoms with Crippen LogP contribution in [0.15, 0.2) is 12.4 Å². The Morgan fingerprint density at radius 3 is 2.89 bits per heavy atom. The molecule has 0 bridgehead atoms. The topological polar surface area (TPSA) is 112 Å². The van der Waals surface area contributed by atoms with Gasteiger partial charge in [0.1, 0.15) is 5.82 Å². The highest BCUT2D eigenvalue weighted by molar-refractivity contribution is 5.86. The molecule has 18 heavy (non-hydrogen) atoms. The van der Waals surface area contributed by atoms with E-state index in [1.807, 2.05) is 17.8 Å². The number of aryl methyl sites for hydroxylation is 3. The van der Waals surface area contributed by atoms with Gasteiger partial charge in [0.15, 0.2) is 5.69 Å². The molecule has 0 atom stereocenters. The van der Waals surface area contributed by atoms with Crippen molar-refractivity contribution in [3.8, 4) is 0 Å². The minimum absolute atomic E-state index is 0.0858. The van der Waals surface area contributed by atoms with Gasteiger partial charge in [-0.05, 0) is 0 Å². The first-order chi connectivity index (χ1) is 8.63. The lowest BCUT2D eigenvalue weighted by molar-refractivity contribution is 0.0689. The van der Waals surface area contributed by atoms with Gasteiger partial charge in [-0.2, -0.15) is 0 Å². The fourth-order valence-electron chi connectivity index (χ4n) is 1.72. The summed E-state index contributed by atoms with van der Waals surface area (Å²) >= 11 is 0. The zero-order valence-corrected chi connectivity index (χ0v) is 9.94. The Morgan fingerprint density at radius 2 is 2.33 bits per heavy atom. The number of nitrogens with two attached hydrogens (primary N) is 1. The van der Waals surface area contributed by atoms with E-state index < -0.39 is 5.97 Å². The first kappa shape index (κ1) is 12.2. The number of carboxylic acid groups (broad SMARTS) is 1. The number of imidazole rings is 1. The highest BCUT2D eigenvalue weighted by Crippen LogP contribution is 2.06. The second-order valence-electron chi connectivity index (χ2n) is 3.82. The first-order valence-corrected chi connectivity index (χ1v) is 5.45. The monoisotopic (exact) mass is 250 g/mol. The second kappa shape index (κ2) is 4.96. The van der Waals surface area contributed by atoms with Gasteiger partial charge in [-0.25, -0.2) is 14.5 Å². The molecule has 3 N–H and O–H groups in total. The molecule has 0 aliphatic carbocycles. The van der Waals surface area contributed by atoms with E-state index in [-0.39, 0.29) is 12.2 Å². The van der Waals surface area contributed by atoms with Crippen LogP contribution in [0.1, 0.15) is 22.0 Å². The van der Waals surface area contributed by atoms with Gasteiger partial charge < -0.3 is 15.4 Å². The molecule has 0 amide bonds. The van der Waals surface area contributed by atoms with Crippen LogP contribution in [0.5, 0.6) is 0 Å². The molecule has 2 aromatic rings. The predicted octanol–water partition coefficient (Wildman–Crippen LogP) is -0.589. The van der Waals surface area contributed by atoms with Crippen LogP contribution < -0.4 is 5.73 Å². The maximum atomic E-state index is 10.9. The van der Waals surface area contributed by atoms with Crippen LogP contribution in [0.3, 0.4) is 0 Å². The van der Waals surface area contributed by atoms with Crippen molar-refractivity contribution in [2.75, 3.05) is 0 Å². The maximum Gasteiger partial charge on any atom is 0.358 e. The Bertz CT molecular complexity index is 558. The molecule has 0 fully saturated rings. The number of nitrogens with zero attached hydrogens (tertiary/aromatic N) is 5. The number of hydrogen-bond acceptors (Lipinski definition) is 5. The lowest BCUT2D eigenvalue weighted by atomic mass is 10.3. The number of hydrogen-bond donors (Lipinski definition) is 2. The molecule has 0 aromatic carbocycles. The van der Waals surface area contributed by atoms with Crippen molar-refractivity contribution in [1.82, 2.24) is 24.5 Å². The zero-order valence-electron chi connectivity index (χ0n) is 9.94. The summed E-state index contributed by atoms with van der Waals surface area (Å²) in [7, 11) is 1.90. The molecule has 0 saturated carbocycles. The number of rotatable bonds is 5.